The van der Waals surface area contributed by atoms with Crippen LogP contribution in [0.2, 0.25) is 0 Å². The third-order valence-corrected chi connectivity index (χ3v) is 2.39. The summed E-state index contributed by atoms with van der Waals surface area (Å²) in [5.74, 6) is 0.172. The van der Waals surface area contributed by atoms with E-state index in [1.165, 1.54) is 0 Å². The lowest BCUT2D eigenvalue weighted by Crippen LogP contribution is -2.51. The van der Waals surface area contributed by atoms with Crippen LogP contribution in [0.4, 0.5) is 0 Å². The van der Waals surface area contributed by atoms with Gasteiger partial charge in [0.05, 0.1) is 0 Å². The van der Waals surface area contributed by atoms with Crippen LogP contribution in [0.5, 0.6) is 0 Å². The molecule has 0 amide bonds. The number of rotatable bonds is 3. The quantitative estimate of drug-likeness (QED) is 0.610. The fourth-order valence-corrected chi connectivity index (χ4v) is 1.57. The van der Waals surface area contributed by atoms with Gasteiger partial charge in [-0.15, -0.1) is 0 Å². The van der Waals surface area contributed by atoms with Crippen molar-refractivity contribution in [2.75, 3.05) is 26.2 Å². The second kappa shape index (κ2) is 4.58. The van der Waals surface area contributed by atoms with Crippen LogP contribution in [0.3, 0.4) is 0 Å². The molecule has 1 heterocycles. The number of carbonyl (C=O) groups excluding carboxylic acids is 1. The van der Waals surface area contributed by atoms with Gasteiger partial charge in [0.1, 0.15) is 6.29 Å². The van der Waals surface area contributed by atoms with Gasteiger partial charge >= 0.3 is 0 Å². The number of hydrogen-bond acceptors (Lipinski definition) is 3. The SMILES string of the molecule is CC(C=O)CN1CCNCC1C. The zero-order valence-corrected chi connectivity index (χ0v) is 7.92. The monoisotopic (exact) mass is 170 g/mol. The Morgan fingerprint density at radius 3 is 3.08 bits per heavy atom. The molecule has 3 heteroatoms. The molecule has 1 fully saturated rings. The minimum absolute atomic E-state index is 0.172. The number of piperazine rings is 1. The fourth-order valence-electron chi connectivity index (χ4n) is 1.57. The molecule has 1 aliphatic rings. The Kier molecular flexibility index (Phi) is 3.69. The zero-order valence-electron chi connectivity index (χ0n) is 7.92. The molecular weight excluding hydrogens is 152 g/mol. The van der Waals surface area contributed by atoms with E-state index in [0.717, 1.165) is 32.5 Å². The average molecular weight is 170 g/mol. The van der Waals surface area contributed by atoms with Gasteiger partial charge in [-0.2, -0.15) is 0 Å². The van der Waals surface area contributed by atoms with Crippen molar-refractivity contribution in [3.63, 3.8) is 0 Å². The minimum Gasteiger partial charge on any atom is -0.314 e. The fraction of sp³-hybridized carbons (Fsp3) is 0.889. The molecule has 0 aliphatic carbocycles. The Morgan fingerprint density at radius 2 is 2.50 bits per heavy atom. The Hall–Kier alpha value is -0.410. The highest BCUT2D eigenvalue weighted by Gasteiger charge is 2.18. The summed E-state index contributed by atoms with van der Waals surface area (Å²) < 4.78 is 0. The van der Waals surface area contributed by atoms with E-state index in [9.17, 15) is 4.79 Å². The molecule has 0 aromatic heterocycles. The molecule has 0 radical (unpaired) electrons. The van der Waals surface area contributed by atoms with Crippen molar-refractivity contribution in [1.82, 2.24) is 10.2 Å². The van der Waals surface area contributed by atoms with Gasteiger partial charge in [0.25, 0.3) is 0 Å². The van der Waals surface area contributed by atoms with Crippen molar-refractivity contribution >= 4 is 6.29 Å². The van der Waals surface area contributed by atoms with Gasteiger partial charge in [-0.1, -0.05) is 6.92 Å². The Balaban J connectivity index is 2.33. The summed E-state index contributed by atoms with van der Waals surface area (Å²) in [7, 11) is 0. The Morgan fingerprint density at radius 1 is 1.75 bits per heavy atom. The van der Waals surface area contributed by atoms with Gasteiger partial charge in [-0.3, -0.25) is 4.90 Å². The Bertz CT molecular complexity index is 149. The van der Waals surface area contributed by atoms with E-state index >= 15 is 0 Å². The molecule has 1 N–H and O–H groups in total. The molecule has 2 atom stereocenters. The number of hydrogen-bond donors (Lipinski definition) is 1. The first-order valence-electron chi connectivity index (χ1n) is 4.64. The molecule has 1 aliphatic heterocycles. The first-order chi connectivity index (χ1) is 5.74. The zero-order chi connectivity index (χ0) is 8.97. The van der Waals surface area contributed by atoms with Crippen LogP contribution in [0.25, 0.3) is 0 Å². The number of aldehydes is 1. The smallest absolute Gasteiger partial charge is 0.124 e. The summed E-state index contributed by atoms with van der Waals surface area (Å²) in [6, 6.07) is 0.571. The highest BCUT2D eigenvalue weighted by molar-refractivity contribution is 5.53. The number of nitrogens with one attached hydrogen (secondary N) is 1. The van der Waals surface area contributed by atoms with Crippen LogP contribution in [0, 0.1) is 5.92 Å². The van der Waals surface area contributed by atoms with Crippen molar-refractivity contribution < 1.29 is 4.79 Å². The summed E-state index contributed by atoms with van der Waals surface area (Å²) in [5.41, 5.74) is 0. The molecule has 0 spiro atoms. The van der Waals surface area contributed by atoms with E-state index in [2.05, 4.69) is 17.1 Å². The summed E-state index contributed by atoms with van der Waals surface area (Å²) >= 11 is 0. The first kappa shape index (κ1) is 9.68. The second-order valence-corrected chi connectivity index (χ2v) is 3.66. The van der Waals surface area contributed by atoms with Crippen molar-refractivity contribution in [1.29, 1.82) is 0 Å². The topological polar surface area (TPSA) is 32.3 Å². The molecule has 0 saturated carbocycles. The van der Waals surface area contributed by atoms with Crippen molar-refractivity contribution in [3.05, 3.63) is 0 Å². The van der Waals surface area contributed by atoms with Crippen LogP contribution in [0.1, 0.15) is 13.8 Å². The molecule has 1 saturated heterocycles. The summed E-state index contributed by atoms with van der Waals surface area (Å²) in [6.45, 7) is 8.25. The largest absolute Gasteiger partial charge is 0.314 e. The van der Waals surface area contributed by atoms with Gasteiger partial charge in [0.2, 0.25) is 0 Å². The van der Waals surface area contributed by atoms with Gasteiger partial charge in [0.15, 0.2) is 0 Å². The molecule has 2 unspecified atom stereocenters. The van der Waals surface area contributed by atoms with Gasteiger partial charge in [-0.05, 0) is 6.92 Å². The maximum absolute atomic E-state index is 10.4. The molecule has 3 nitrogen and oxygen atoms in total. The van der Waals surface area contributed by atoms with Crippen LogP contribution in [-0.2, 0) is 4.79 Å². The summed E-state index contributed by atoms with van der Waals surface area (Å²) in [4.78, 5) is 12.8. The van der Waals surface area contributed by atoms with Crippen LogP contribution >= 0.6 is 0 Å². The predicted octanol–water partition coefficient (Wildman–Crippen LogP) is 0.115. The maximum atomic E-state index is 10.4. The molecular formula is C9H18N2O. The third-order valence-electron chi connectivity index (χ3n) is 2.39. The molecule has 0 aromatic carbocycles. The average Bonchev–Trinajstić information content (AvgIpc) is 2.09. The lowest BCUT2D eigenvalue weighted by Gasteiger charge is -2.34. The normalized spacial score (nSPS) is 28.3. The standard InChI is InChI=1S/C9H18N2O/c1-8(7-12)6-11-4-3-10-5-9(11)2/h7-10H,3-6H2,1-2H3. The molecule has 12 heavy (non-hydrogen) atoms. The van der Waals surface area contributed by atoms with E-state index in [0.29, 0.717) is 6.04 Å². The van der Waals surface area contributed by atoms with E-state index in [1.807, 2.05) is 6.92 Å². The van der Waals surface area contributed by atoms with Crippen molar-refractivity contribution in [2.24, 2.45) is 5.92 Å². The van der Waals surface area contributed by atoms with Crippen molar-refractivity contribution in [2.45, 2.75) is 19.9 Å². The summed E-state index contributed by atoms with van der Waals surface area (Å²) in [6.07, 6.45) is 1.04. The van der Waals surface area contributed by atoms with E-state index < -0.39 is 0 Å². The molecule has 1 rings (SSSR count). The van der Waals surface area contributed by atoms with E-state index in [4.69, 9.17) is 0 Å². The van der Waals surface area contributed by atoms with Gasteiger partial charge in [0, 0.05) is 38.1 Å². The lowest BCUT2D eigenvalue weighted by molar-refractivity contribution is -0.111. The van der Waals surface area contributed by atoms with Crippen LogP contribution < -0.4 is 5.32 Å². The summed E-state index contributed by atoms with van der Waals surface area (Å²) in [5, 5.41) is 3.33. The third kappa shape index (κ3) is 2.57. The highest BCUT2D eigenvalue weighted by Crippen LogP contribution is 2.05. The highest BCUT2D eigenvalue weighted by atomic mass is 16.1. The van der Waals surface area contributed by atoms with E-state index in [-0.39, 0.29) is 5.92 Å². The first-order valence-corrected chi connectivity index (χ1v) is 4.64. The minimum atomic E-state index is 0.172. The molecule has 0 bridgehead atoms. The van der Waals surface area contributed by atoms with Gasteiger partial charge in [-0.25, -0.2) is 0 Å². The van der Waals surface area contributed by atoms with Crippen LogP contribution in [-0.4, -0.2) is 43.4 Å². The van der Waals surface area contributed by atoms with Crippen molar-refractivity contribution in [3.8, 4) is 0 Å². The lowest BCUT2D eigenvalue weighted by atomic mass is 10.1. The number of nitrogens with zero attached hydrogens (tertiary/aromatic N) is 1. The Labute approximate surface area is 74.1 Å². The van der Waals surface area contributed by atoms with E-state index in [1.54, 1.807) is 0 Å². The molecule has 0 aromatic rings. The maximum Gasteiger partial charge on any atom is 0.124 e. The molecule has 70 valence electrons. The number of carbonyl (C=O) groups is 1. The van der Waals surface area contributed by atoms with Crippen LogP contribution in [0.15, 0.2) is 0 Å². The van der Waals surface area contributed by atoms with Gasteiger partial charge < -0.3 is 10.1 Å². The second-order valence-electron chi connectivity index (χ2n) is 3.66. The predicted molar refractivity (Wildman–Crippen MR) is 49.1 cm³/mol.